The van der Waals surface area contributed by atoms with E-state index in [2.05, 4.69) is 10.1 Å². The summed E-state index contributed by atoms with van der Waals surface area (Å²) in [6.07, 6.45) is 0. The molecule has 0 bridgehead atoms. The minimum atomic E-state index is -0.110. The molecule has 3 N–H and O–H groups in total. The number of aromatic nitrogens is 1. The summed E-state index contributed by atoms with van der Waals surface area (Å²) >= 11 is 0. The summed E-state index contributed by atoms with van der Waals surface area (Å²) in [7, 11) is 0. The van der Waals surface area contributed by atoms with Crippen LogP contribution in [0.25, 0.3) is 0 Å². The van der Waals surface area contributed by atoms with Crippen molar-refractivity contribution in [3.8, 4) is 0 Å². The minimum absolute atomic E-state index is 0.110. The van der Waals surface area contributed by atoms with Crippen LogP contribution in [0.4, 0.5) is 0 Å². The van der Waals surface area contributed by atoms with Crippen LogP contribution >= 0.6 is 0 Å². The molecule has 0 radical (unpaired) electrons. The lowest BCUT2D eigenvalue weighted by molar-refractivity contribution is 0.316. The largest absolute Gasteiger partial charge is 0.439 e. The van der Waals surface area contributed by atoms with E-state index < -0.39 is 0 Å². The maximum atomic E-state index is 8.25. The molecule has 0 unspecified atom stereocenters. The molecular formula is C6H9N3O2. The van der Waals surface area contributed by atoms with Gasteiger partial charge in [0, 0.05) is 0 Å². The first-order valence-corrected chi connectivity index (χ1v) is 3.07. The lowest BCUT2D eigenvalue weighted by Gasteiger charge is -1.86. The van der Waals surface area contributed by atoms with Gasteiger partial charge in [-0.15, -0.1) is 0 Å². The Kier molecular flexibility index (Phi) is 1.80. The highest BCUT2D eigenvalue weighted by atomic mass is 16.4. The van der Waals surface area contributed by atoms with Crippen LogP contribution in [-0.2, 0) is 0 Å². The number of aryl methyl sites for hydroxylation is 2. The predicted octanol–water partition coefficient (Wildman–Crippen LogP) is 0.386. The fraction of sp³-hybridized carbons (Fsp3) is 0.333. The second-order valence-electron chi connectivity index (χ2n) is 2.15. The van der Waals surface area contributed by atoms with Crippen LogP contribution in [0.1, 0.15) is 17.3 Å². The maximum Gasteiger partial charge on any atom is 0.266 e. The molecule has 0 saturated carbocycles. The molecule has 11 heavy (non-hydrogen) atoms. The van der Waals surface area contributed by atoms with E-state index in [0.717, 1.165) is 5.69 Å². The highest BCUT2D eigenvalue weighted by Gasteiger charge is 2.08. The lowest BCUT2D eigenvalue weighted by atomic mass is 10.4. The van der Waals surface area contributed by atoms with Crippen molar-refractivity contribution in [3.63, 3.8) is 0 Å². The van der Waals surface area contributed by atoms with Gasteiger partial charge in [0.2, 0.25) is 5.84 Å². The Morgan fingerprint density at radius 2 is 2.27 bits per heavy atom. The molecule has 1 heterocycles. The summed E-state index contributed by atoms with van der Waals surface area (Å²) < 4.78 is 5.04. The normalized spacial score (nSPS) is 12.0. The standard InChI is InChI=1S/C6H9N3O2/c1-3-4(2)11-6(8-3)5(7)9-10/h10H,1-2H3,(H2,7,9). The van der Waals surface area contributed by atoms with Gasteiger partial charge in [-0.2, -0.15) is 0 Å². The predicted molar refractivity (Wildman–Crippen MR) is 38.5 cm³/mol. The third-order valence-electron chi connectivity index (χ3n) is 1.36. The molecule has 0 aromatic carbocycles. The molecule has 5 heteroatoms. The number of hydrogen-bond donors (Lipinski definition) is 2. The Labute approximate surface area is 63.5 Å². The number of nitrogens with zero attached hydrogens (tertiary/aromatic N) is 2. The van der Waals surface area contributed by atoms with E-state index in [4.69, 9.17) is 15.4 Å². The molecule has 1 aromatic heterocycles. The zero-order valence-electron chi connectivity index (χ0n) is 6.33. The minimum Gasteiger partial charge on any atom is -0.439 e. The van der Waals surface area contributed by atoms with Crippen molar-refractivity contribution >= 4 is 5.84 Å². The molecule has 0 amide bonds. The number of oxazole rings is 1. The van der Waals surface area contributed by atoms with Crippen molar-refractivity contribution in [1.29, 1.82) is 0 Å². The van der Waals surface area contributed by atoms with Crippen molar-refractivity contribution in [3.05, 3.63) is 17.3 Å². The van der Waals surface area contributed by atoms with E-state index in [1.54, 1.807) is 13.8 Å². The van der Waals surface area contributed by atoms with Crippen LogP contribution in [-0.4, -0.2) is 16.0 Å². The first-order valence-electron chi connectivity index (χ1n) is 3.07. The van der Waals surface area contributed by atoms with Crippen LogP contribution in [0.2, 0.25) is 0 Å². The second kappa shape index (κ2) is 2.61. The van der Waals surface area contributed by atoms with Gasteiger partial charge in [-0.05, 0) is 13.8 Å². The highest BCUT2D eigenvalue weighted by Crippen LogP contribution is 2.07. The Balaban J connectivity index is 3.07. The molecule has 0 aliphatic heterocycles. The van der Waals surface area contributed by atoms with Gasteiger partial charge in [-0.3, -0.25) is 0 Å². The smallest absolute Gasteiger partial charge is 0.266 e. The lowest BCUT2D eigenvalue weighted by Crippen LogP contribution is -2.13. The molecule has 5 nitrogen and oxygen atoms in total. The van der Waals surface area contributed by atoms with Crippen LogP contribution in [0.3, 0.4) is 0 Å². The van der Waals surface area contributed by atoms with E-state index in [1.807, 2.05) is 0 Å². The molecule has 1 rings (SSSR count). The molecule has 1 aromatic rings. The summed E-state index contributed by atoms with van der Waals surface area (Å²) in [5.74, 6) is 0.718. The maximum absolute atomic E-state index is 8.25. The van der Waals surface area contributed by atoms with Crippen molar-refractivity contribution < 1.29 is 9.62 Å². The number of amidine groups is 1. The van der Waals surface area contributed by atoms with Gasteiger partial charge in [-0.1, -0.05) is 5.16 Å². The summed E-state index contributed by atoms with van der Waals surface area (Å²) in [6.45, 7) is 3.55. The van der Waals surface area contributed by atoms with Gasteiger partial charge >= 0.3 is 0 Å². The fourth-order valence-corrected chi connectivity index (χ4v) is 0.625. The van der Waals surface area contributed by atoms with Gasteiger partial charge in [0.25, 0.3) is 5.89 Å². The summed E-state index contributed by atoms with van der Waals surface area (Å²) in [6, 6.07) is 0. The molecule has 0 fully saturated rings. The third kappa shape index (κ3) is 1.31. The molecule has 0 spiro atoms. The SMILES string of the molecule is Cc1nc(/C(N)=N/O)oc1C. The summed E-state index contributed by atoms with van der Waals surface area (Å²) in [5.41, 5.74) is 5.96. The van der Waals surface area contributed by atoms with Crippen molar-refractivity contribution in [2.75, 3.05) is 0 Å². The highest BCUT2D eigenvalue weighted by molar-refractivity contribution is 5.92. The first kappa shape index (κ1) is 7.59. The number of oxime groups is 1. The van der Waals surface area contributed by atoms with Gasteiger partial charge in [-0.25, -0.2) is 4.98 Å². The van der Waals surface area contributed by atoms with Gasteiger partial charge < -0.3 is 15.4 Å². The monoisotopic (exact) mass is 155 g/mol. The zero-order valence-corrected chi connectivity index (χ0v) is 6.33. The van der Waals surface area contributed by atoms with E-state index in [1.165, 1.54) is 0 Å². The summed E-state index contributed by atoms with van der Waals surface area (Å²) in [4.78, 5) is 3.90. The zero-order chi connectivity index (χ0) is 8.43. The van der Waals surface area contributed by atoms with E-state index in [9.17, 15) is 0 Å². The fourth-order valence-electron chi connectivity index (χ4n) is 0.625. The molecule has 0 aliphatic rings. The topological polar surface area (TPSA) is 84.6 Å². The third-order valence-corrected chi connectivity index (χ3v) is 1.36. The quantitative estimate of drug-likeness (QED) is 0.266. The summed E-state index contributed by atoms with van der Waals surface area (Å²) in [5, 5.41) is 11.0. The Morgan fingerprint density at radius 3 is 2.64 bits per heavy atom. The van der Waals surface area contributed by atoms with E-state index >= 15 is 0 Å². The van der Waals surface area contributed by atoms with Crippen molar-refractivity contribution in [2.24, 2.45) is 10.9 Å². The van der Waals surface area contributed by atoms with E-state index in [0.29, 0.717) is 5.76 Å². The molecule has 0 aliphatic carbocycles. The van der Waals surface area contributed by atoms with Crippen molar-refractivity contribution in [2.45, 2.75) is 13.8 Å². The average Bonchev–Trinajstić information content (AvgIpc) is 2.31. The first-order chi connectivity index (χ1) is 5.15. The molecule has 0 atom stereocenters. The Hall–Kier alpha value is -1.52. The average molecular weight is 155 g/mol. The van der Waals surface area contributed by atoms with Crippen molar-refractivity contribution in [1.82, 2.24) is 4.98 Å². The van der Waals surface area contributed by atoms with Gasteiger partial charge in [0.05, 0.1) is 5.69 Å². The molecule has 0 saturated heterocycles. The molecule has 60 valence electrons. The Bertz CT molecular complexity index is 271. The Morgan fingerprint density at radius 1 is 1.64 bits per heavy atom. The number of hydrogen-bond acceptors (Lipinski definition) is 4. The van der Waals surface area contributed by atoms with Gasteiger partial charge in [0.15, 0.2) is 0 Å². The van der Waals surface area contributed by atoms with Crippen LogP contribution in [0.5, 0.6) is 0 Å². The van der Waals surface area contributed by atoms with Crippen LogP contribution < -0.4 is 5.73 Å². The van der Waals surface area contributed by atoms with Gasteiger partial charge in [0.1, 0.15) is 5.76 Å². The second-order valence-corrected chi connectivity index (χ2v) is 2.15. The van der Waals surface area contributed by atoms with Crippen LogP contribution in [0, 0.1) is 13.8 Å². The van der Waals surface area contributed by atoms with Crippen LogP contribution in [0.15, 0.2) is 9.57 Å². The number of rotatable bonds is 1. The number of nitrogens with two attached hydrogens (primary N) is 1. The molecular weight excluding hydrogens is 146 g/mol. The van der Waals surface area contributed by atoms with E-state index in [-0.39, 0.29) is 11.7 Å².